The molecule has 1 saturated heterocycles. The van der Waals surface area contributed by atoms with Gasteiger partial charge in [-0.05, 0) is 49.6 Å². The molecule has 126 valence electrons. The van der Waals surface area contributed by atoms with Crippen LogP contribution in [0.5, 0.6) is 5.75 Å². The number of likely N-dealkylation sites (tertiary alicyclic amines) is 1. The van der Waals surface area contributed by atoms with E-state index in [1.165, 1.54) is 5.56 Å². The summed E-state index contributed by atoms with van der Waals surface area (Å²) >= 11 is 1.63. The van der Waals surface area contributed by atoms with Crippen LogP contribution in [0.15, 0.2) is 59.5 Å². The van der Waals surface area contributed by atoms with Crippen molar-refractivity contribution >= 4 is 17.7 Å². The van der Waals surface area contributed by atoms with Gasteiger partial charge in [0.15, 0.2) is 0 Å². The molecule has 0 saturated carbocycles. The third-order valence-corrected chi connectivity index (χ3v) is 5.54. The zero-order chi connectivity index (χ0) is 16.9. The molecular formula is C20H23NO2S. The smallest absolute Gasteiger partial charge is 0.236 e. The number of amides is 1. The molecule has 1 amide bonds. The maximum absolute atomic E-state index is 12.9. The van der Waals surface area contributed by atoms with Crippen molar-refractivity contribution < 1.29 is 9.53 Å². The fourth-order valence-corrected chi connectivity index (χ4v) is 4.15. The van der Waals surface area contributed by atoms with Crippen LogP contribution in [0, 0.1) is 0 Å². The second-order valence-electron chi connectivity index (χ2n) is 6.04. The largest absolute Gasteiger partial charge is 0.497 e. The molecule has 2 aromatic rings. The molecule has 0 aromatic heterocycles. The minimum Gasteiger partial charge on any atom is -0.497 e. The van der Waals surface area contributed by atoms with E-state index in [1.54, 1.807) is 18.9 Å². The lowest BCUT2D eigenvalue weighted by atomic mass is 10.0. The second kappa shape index (κ2) is 7.75. The van der Waals surface area contributed by atoms with Crippen LogP contribution in [0.3, 0.4) is 0 Å². The molecule has 3 nitrogen and oxygen atoms in total. The normalized spacial score (nSPS) is 18.4. The predicted octanol–water partition coefficient (Wildman–Crippen LogP) is 4.54. The molecule has 0 aliphatic carbocycles. The van der Waals surface area contributed by atoms with Crippen LogP contribution in [-0.4, -0.2) is 29.7 Å². The minimum absolute atomic E-state index is 0.0775. The van der Waals surface area contributed by atoms with E-state index in [1.807, 2.05) is 42.2 Å². The van der Waals surface area contributed by atoms with Gasteiger partial charge in [-0.15, -0.1) is 11.8 Å². The van der Waals surface area contributed by atoms with E-state index in [2.05, 4.69) is 24.3 Å². The molecule has 2 aromatic carbocycles. The number of methoxy groups -OCH3 is 1. The Balaban J connectivity index is 1.70. The number of carbonyl (C=O) groups is 1. The maximum atomic E-state index is 12.9. The number of hydrogen-bond acceptors (Lipinski definition) is 3. The summed E-state index contributed by atoms with van der Waals surface area (Å²) in [6.07, 6.45) is 2.09. The summed E-state index contributed by atoms with van der Waals surface area (Å²) in [4.78, 5) is 16.1. The molecule has 3 rings (SSSR count). The number of carbonyl (C=O) groups excluding carboxylic acids is 1. The summed E-state index contributed by atoms with van der Waals surface area (Å²) in [5, 5.41) is -0.0775. The van der Waals surface area contributed by atoms with Gasteiger partial charge in [0.2, 0.25) is 5.91 Å². The number of nitrogens with zero attached hydrogens (tertiary/aromatic N) is 1. The molecule has 0 bridgehead atoms. The number of benzene rings is 2. The fourth-order valence-electron chi connectivity index (χ4n) is 3.19. The molecular weight excluding hydrogens is 318 g/mol. The van der Waals surface area contributed by atoms with E-state index in [4.69, 9.17) is 4.74 Å². The van der Waals surface area contributed by atoms with E-state index >= 15 is 0 Å². The first kappa shape index (κ1) is 16.9. The maximum Gasteiger partial charge on any atom is 0.236 e. The zero-order valence-electron chi connectivity index (χ0n) is 14.1. The zero-order valence-corrected chi connectivity index (χ0v) is 15.0. The standard InChI is InChI=1S/C20H23NO2S/c1-15(24-18-7-4-3-5-8-18)20(22)21-14-6-9-19(21)16-10-12-17(23-2)13-11-16/h3-5,7-8,10-13,15,19H,6,9,14H2,1-2H3. The lowest BCUT2D eigenvalue weighted by Gasteiger charge is -2.27. The predicted molar refractivity (Wildman–Crippen MR) is 98.4 cm³/mol. The summed E-state index contributed by atoms with van der Waals surface area (Å²) in [7, 11) is 1.67. The summed E-state index contributed by atoms with van der Waals surface area (Å²) < 4.78 is 5.23. The molecule has 1 aliphatic rings. The van der Waals surface area contributed by atoms with Crippen LogP contribution in [0.2, 0.25) is 0 Å². The highest BCUT2D eigenvalue weighted by atomic mass is 32.2. The Labute approximate surface area is 148 Å². The quantitative estimate of drug-likeness (QED) is 0.748. The van der Waals surface area contributed by atoms with Crippen LogP contribution in [0.4, 0.5) is 0 Å². The Bertz CT molecular complexity index is 672. The second-order valence-corrected chi connectivity index (χ2v) is 7.45. The SMILES string of the molecule is COc1ccc(C2CCCN2C(=O)C(C)Sc2ccccc2)cc1. The van der Waals surface area contributed by atoms with E-state index in [0.717, 1.165) is 30.0 Å². The van der Waals surface area contributed by atoms with E-state index < -0.39 is 0 Å². The topological polar surface area (TPSA) is 29.5 Å². The highest BCUT2D eigenvalue weighted by Gasteiger charge is 2.32. The Hall–Kier alpha value is -1.94. The van der Waals surface area contributed by atoms with Crippen LogP contribution in [0.25, 0.3) is 0 Å². The lowest BCUT2D eigenvalue weighted by Crippen LogP contribution is -2.36. The van der Waals surface area contributed by atoms with Crippen molar-refractivity contribution in [3.05, 3.63) is 60.2 Å². The summed E-state index contributed by atoms with van der Waals surface area (Å²) in [5.41, 5.74) is 1.19. The molecule has 1 fully saturated rings. The Morgan fingerprint density at radius 1 is 1.17 bits per heavy atom. The van der Waals surface area contributed by atoms with Gasteiger partial charge in [-0.3, -0.25) is 4.79 Å². The first-order valence-corrected chi connectivity index (χ1v) is 9.23. The minimum atomic E-state index is -0.0775. The third kappa shape index (κ3) is 3.75. The summed E-state index contributed by atoms with van der Waals surface area (Å²) in [6.45, 7) is 2.85. The molecule has 0 radical (unpaired) electrons. The van der Waals surface area contributed by atoms with E-state index in [-0.39, 0.29) is 17.2 Å². The van der Waals surface area contributed by atoms with Gasteiger partial charge in [-0.1, -0.05) is 30.3 Å². The van der Waals surface area contributed by atoms with Crippen LogP contribution >= 0.6 is 11.8 Å². The molecule has 2 atom stereocenters. The molecule has 0 spiro atoms. The van der Waals surface area contributed by atoms with Gasteiger partial charge in [0.1, 0.15) is 5.75 Å². The van der Waals surface area contributed by atoms with Gasteiger partial charge in [-0.25, -0.2) is 0 Å². The highest BCUT2D eigenvalue weighted by molar-refractivity contribution is 8.00. The first-order chi connectivity index (χ1) is 11.7. The number of hydrogen-bond donors (Lipinski definition) is 0. The molecule has 1 aliphatic heterocycles. The van der Waals surface area contributed by atoms with Crippen molar-refractivity contribution in [1.29, 1.82) is 0 Å². The Morgan fingerprint density at radius 2 is 1.88 bits per heavy atom. The molecule has 1 heterocycles. The highest BCUT2D eigenvalue weighted by Crippen LogP contribution is 2.35. The van der Waals surface area contributed by atoms with Crippen molar-refractivity contribution in [2.24, 2.45) is 0 Å². The Morgan fingerprint density at radius 3 is 2.54 bits per heavy atom. The average Bonchev–Trinajstić information content (AvgIpc) is 3.11. The van der Waals surface area contributed by atoms with Crippen LogP contribution < -0.4 is 4.74 Å². The van der Waals surface area contributed by atoms with Crippen LogP contribution in [-0.2, 0) is 4.79 Å². The lowest BCUT2D eigenvalue weighted by molar-refractivity contribution is -0.131. The molecule has 4 heteroatoms. The van der Waals surface area contributed by atoms with Gasteiger partial charge in [0.25, 0.3) is 0 Å². The number of thioether (sulfide) groups is 1. The van der Waals surface area contributed by atoms with E-state index in [9.17, 15) is 4.79 Å². The van der Waals surface area contributed by atoms with Crippen molar-refractivity contribution in [3.63, 3.8) is 0 Å². The van der Waals surface area contributed by atoms with Gasteiger partial charge in [0, 0.05) is 11.4 Å². The van der Waals surface area contributed by atoms with Crippen molar-refractivity contribution in [2.45, 2.75) is 36.0 Å². The summed E-state index contributed by atoms with van der Waals surface area (Å²) in [6, 6.07) is 18.4. The number of rotatable bonds is 5. The van der Waals surface area contributed by atoms with Gasteiger partial charge in [0.05, 0.1) is 18.4 Å². The van der Waals surface area contributed by atoms with Gasteiger partial charge >= 0.3 is 0 Å². The monoisotopic (exact) mass is 341 g/mol. The van der Waals surface area contributed by atoms with Gasteiger partial charge < -0.3 is 9.64 Å². The summed E-state index contributed by atoms with van der Waals surface area (Å²) in [5.74, 6) is 1.07. The van der Waals surface area contributed by atoms with Crippen molar-refractivity contribution in [2.75, 3.05) is 13.7 Å². The molecule has 0 N–H and O–H groups in total. The fraction of sp³-hybridized carbons (Fsp3) is 0.350. The Kier molecular flexibility index (Phi) is 5.46. The van der Waals surface area contributed by atoms with Crippen molar-refractivity contribution in [1.82, 2.24) is 4.90 Å². The first-order valence-electron chi connectivity index (χ1n) is 8.35. The third-order valence-electron chi connectivity index (χ3n) is 4.44. The molecule has 24 heavy (non-hydrogen) atoms. The van der Waals surface area contributed by atoms with Crippen LogP contribution in [0.1, 0.15) is 31.4 Å². The van der Waals surface area contributed by atoms with Crippen molar-refractivity contribution in [3.8, 4) is 5.75 Å². The van der Waals surface area contributed by atoms with E-state index in [0.29, 0.717) is 0 Å². The van der Waals surface area contributed by atoms with Gasteiger partial charge in [-0.2, -0.15) is 0 Å². The molecule has 2 unspecified atom stereocenters. The number of ether oxygens (including phenoxy) is 1. The average molecular weight is 341 g/mol.